The lowest BCUT2D eigenvalue weighted by atomic mass is 10.2. The van der Waals surface area contributed by atoms with Crippen LogP contribution in [0.25, 0.3) is 10.8 Å². The van der Waals surface area contributed by atoms with Crippen LogP contribution in [0.5, 0.6) is 5.75 Å². The first kappa shape index (κ1) is 13.4. The van der Waals surface area contributed by atoms with Crippen LogP contribution in [0.2, 0.25) is 0 Å². The number of hydrogen-bond acceptors (Lipinski definition) is 5. The van der Waals surface area contributed by atoms with Crippen LogP contribution < -0.4 is 4.74 Å². The molecule has 0 unspecified atom stereocenters. The fraction of sp³-hybridized carbons (Fsp3) is 0.0667. The molecule has 3 aromatic rings. The summed E-state index contributed by atoms with van der Waals surface area (Å²) in [5.41, 5.74) is 1.03. The molecule has 2 aromatic heterocycles. The molecule has 0 aliphatic carbocycles. The topological polar surface area (TPSA) is 72.6 Å². The Balaban J connectivity index is 1.64. The van der Waals surface area contributed by atoms with Crippen molar-refractivity contribution in [1.82, 2.24) is 4.98 Å². The minimum Gasteiger partial charge on any atom is -0.487 e. The van der Waals surface area contributed by atoms with E-state index in [2.05, 4.69) is 4.98 Å². The third kappa shape index (κ3) is 3.11. The monoisotopic (exact) mass is 301 g/mol. The zero-order valence-electron chi connectivity index (χ0n) is 10.9. The van der Waals surface area contributed by atoms with E-state index in [0.29, 0.717) is 12.4 Å². The van der Waals surface area contributed by atoms with Gasteiger partial charge >= 0.3 is 5.97 Å². The summed E-state index contributed by atoms with van der Waals surface area (Å²) >= 11 is 1.49. The fourth-order valence-corrected chi connectivity index (χ4v) is 2.51. The van der Waals surface area contributed by atoms with Crippen molar-refractivity contribution >= 4 is 17.3 Å². The van der Waals surface area contributed by atoms with Crippen molar-refractivity contribution in [2.75, 3.05) is 0 Å². The maximum Gasteiger partial charge on any atom is 0.335 e. The van der Waals surface area contributed by atoms with E-state index < -0.39 is 5.97 Å². The van der Waals surface area contributed by atoms with Gasteiger partial charge in [0, 0.05) is 5.38 Å². The second-order valence-corrected chi connectivity index (χ2v) is 5.10. The second kappa shape index (κ2) is 5.80. The Labute approximate surface area is 124 Å². The van der Waals surface area contributed by atoms with Gasteiger partial charge in [-0.3, -0.25) is 0 Å². The lowest BCUT2D eigenvalue weighted by Gasteiger charge is -2.04. The van der Waals surface area contributed by atoms with Crippen molar-refractivity contribution in [3.05, 3.63) is 59.3 Å². The molecule has 0 spiro atoms. The number of carboxylic acids is 1. The van der Waals surface area contributed by atoms with Crippen molar-refractivity contribution in [2.45, 2.75) is 6.61 Å². The SMILES string of the molecule is O=C(O)c1ccc(OCc2csc(-c3ccco3)n2)cc1. The Kier molecular flexibility index (Phi) is 3.70. The molecule has 1 N–H and O–H groups in total. The highest BCUT2D eigenvalue weighted by molar-refractivity contribution is 7.13. The minimum atomic E-state index is -0.954. The molecule has 2 heterocycles. The maximum absolute atomic E-state index is 10.7. The van der Waals surface area contributed by atoms with Crippen molar-refractivity contribution in [1.29, 1.82) is 0 Å². The van der Waals surface area contributed by atoms with E-state index in [1.54, 1.807) is 18.4 Å². The second-order valence-electron chi connectivity index (χ2n) is 4.24. The minimum absolute atomic E-state index is 0.233. The van der Waals surface area contributed by atoms with E-state index in [0.717, 1.165) is 16.5 Å². The summed E-state index contributed by atoms with van der Waals surface area (Å²) in [7, 11) is 0. The smallest absolute Gasteiger partial charge is 0.335 e. The number of benzene rings is 1. The Morgan fingerprint density at radius 1 is 1.29 bits per heavy atom. The Bertz CT molecular complexity index is 731. The van der Waals surface area contributed by atoms with Crippen molar-refractivity contribution in [2.24, 2.45) is 0 Å². The Hall–Kier alpha value is -2.60. The number of furan rings is 1. The lowest BCUT2D eigenvalue weighted by molar-refractivity contribution is 0.0697. The van der Waals surface area contributed by atoms with Gasteiger partial charge in [-0.05, 0) is 36.4 Å². The van der Waals surface area contributed by atoms with Crippen molar-refractivity contribution < 1.29 is 19.1 Å². The highest BCUT2D eigenvalue weighted by Crippen LogP contribution is 2.24. The predicted octanol–water partition coefficient (Wildman–Crippen LogP) is 3.68. The molecule has 0 bridgehead atoms. The average molecular weight is 301 g/mol. The van der Waals surface area contributed by atoms with E-state index in [1.807, 2.05) is 17.5 Å². The van der Waals surface area contributed by atoms with Gasteiger partial charge in [-0.1, -0.05) is 0 Å². The quantitative estimate of drug-likeness (QED) is 0.778. The number of ether oxygens (including phenoxy) is 1. The van der Waals surface area contributed by atoms with Gasteiger partial charge in [-0.15, -0.1) is 11.3 Å². The largest absolute Gasteiger partial charge is 0.487 e. The van der Waals surface area contributed by atoms with Gasteiger partial charge in [-0.2, -0.15) is 0 Å². The lowest BCUT2D eigenvalue weighted by Crippen LogP contribution is -1.98. The summed E-state index contributed by atoms with van der Waals surface area (Å²) in [5.74, 6) is 0.383. The summed E-state index contributed by atoms with van der Waals surface area (Å²) in [6, 6.07) is 9.94. The van der Waals surface area contributed by atoms with Crippen LogP contribution >= 0.6 is 11.3 Å². The highest BCUT2D eigenvalue weighted by Gasteiger charge is 2.08. The molecular weight excluding hydrogens is 290 g/mol. The summed E-state index contributed by atoms with van der Waals surface area (Å²) in [6.45, 7) is 0.323. The van der Waals surface area contributed by atoms with Crippen LogP contribution in [0.15, 0.2) is 52.5 Å². The maximum atomic E-state index is 10.7. The van der Waals surface area contributed by atoms with Crippen molar-refractivity contribution in [3.8, 4) is 16.5 Å². The first-order chi connectivity index (χ1) is 10.2. The molecule has 6 heteroatoms. The standard InChI is InChI=1S/C15H11NO4S/c17-15(18)10-3-5-12(6-4-10)20-8-11-9-21-14(16-11)13-2-1-7-19-13/h1-7,9H,8H2,(H,17,18). The van der Waals surface area contributed by atoms with Gasteiger partial charge in [0.2, 0.25) is 0 Å². The average Bonchev–Trinajstić information content (AvgIpc) is 3.16. The van der Waals surface area contributed by atoms with Gasteiger partial charge in [0.1, 0.15) is 12.4 Å². The van der Waals surface area contributed by atoms with Crippen molar-refractivity contribution in [3.63, 3.8) is 0 Å². The molecule has 0 atom stereocenters. The molecule has 0 radical (unpaired) electrons. The van der Waals surface area contributed by atoms with Crippen LogP contribution in [0, 0.1) is 0 Å². The van der Waals surface area contributed by atoms with Gasteiger partial charge in [0.15, 0.2) is 10.8 Å². The first-order valence-corrected chi connectivity index (χ1v) is 7.05. The molecule has 0 saturated heterocycles. The summed E-state index contributed by atoms with van der Waals surface area (Å²) in [5, 5.41) is 11.5. The van der Waals surface area contributed by atoms with Gasteiger partial charge in [0.05, 0.1) is 17.5 Å². The molecule has 106 valence electrons. The number of hydrogen-bond donors (Lipinski definition) is 1. The zero-order valence-corrected chi connectivity index (χ0v) is 11.7. The van der Waals surface area contributed by atoms with Crippen LogP contribution in [0.4, 0.5) is 0 Å². The number of aromatic carboxylic acids is 1. The molecular formula is C15H11NO4S. The predicted molar refractivity (Wildman–Crippen MR) is 77.5 cm³/mol. The van der Waals surface area contributed by atoms with Gasteiger partial charge in [0.25, 0.3) is 0 Å². The van der Waals surface area contributed by atoms with Crippen LogP contribution in [-0.4, -0.2) is 16.1 Å². The number of rotatable bonds is 5. The normalized spacial score (nSPS) is 10.5. The molecule has 0 aliphatic heterocycles. The molecule has 0 fully saturated rings. The first-order valence-electron chi connectivity index (χ1n) is 6.17. The van der Waals surface area contributed by atoms with E-state index in [1.165, 1.54) is 23.5 Å². The third-order valence-electron chi connectivity index (χ3n) is 2.77. The van der Waals surface area contributed by atoms with Crippen LogP contribution in [0.3, 0.4) is 0 Å². The molecule has 21 heavy (non-hydrogen) atoms. The molecule has 1 aromatic carbocycles. The van der Waals surface area contributed by atoms with Crippen LogP contribution in [0.1, 0.15) is 16.1 Å². The number of aromatic nitrogens is 1. The van der Waals surface area contributed by atoms with E-state index >= 15 is 0 Å². The highest BCUT2D eigenvalue weighted by atomic mass is 32.1. The summed E-state index contributed by atoms with van der Waals surface area (Å²) < 4.78 is 10.9. The molecule has 3 rings (SSSR count). The number of carbonyl (C=O) groups is 1. The molecule has 0 amide bonds. The number of thiazole rings is 1. The molecule has 5 nitrogen and oxygen atoms in total. The molecule has 0 saturated carbocycles. The van der Waals surface area contributed by atoms with Gasteiger partial charge < -0.3 is 14.3 Å². The number of nitrogens with zero attached hydrogens (tertiary/aromatic N) is 1. The van der Waals surface area contributed by atoms with E-state index in [4.69, 9.17) is 14.3 Å². The number of carboxylic acid groups (broad SMARTS) is 1. The zero-order chi connectivity index (χ0) is 14.7. The summed E-state index contributed by atoms with van der Waals surface area (Å²) in [4.78, 5) is 15.2. The third-order valence-corrected chi connectivity index (χ3v) is 3.68. The fourth-order valence-electron chi connectivity index (χ4n) is 1.74. The van der Waals surface area contributed by atoms with Crippen LogP contribution in [-0.2, 0) is 6.61 Å². The van der Waals surface area contributed by atoms with Gasteiger partial charge in [-0.25, -0.2) is 9.78 Å². The molecule has 0 aliphatic rings. The van der Waals surface area contributed by atoms with E-state index in [9.17, 15) is 4.79 Å². The Morgan fingerprint density at radius 3 is 2.76 bits per heavy atom. The Morgan fingerprint density at radius 2 is 2.10 bits per heavy atom. The van der Waals surface area contributed by atoms with E-state index in [-0.39, 0.29) is 5.56 Å². The summed E-state index contributed by atoms with van der Waals surface area (Å²) in [6.07, 6.45) is 1.61.